The summed E-state index contributed by atoms with van der Waals surface area (Å²) in [7, 11) is 0. The third kappa shape index (κ3) is 2.28. The predicted octanol–water partition coefficient (Wildman–Crippen LogP) is 1.62. The van der Waals surface area contributed by atoms with E-state index in [1.165, 1.54) is 6.20 Å². The number of aliphatic carboxylic acids is 1. The van der Waals surface area contributed by atoms with Gasteiger partial charge in [-0.25, -0.2) is 9.78 Å². The summed E-state index contributed by atoms with van der Waals surface area (Å²) in [5.74, 6) is -0.956. The van der Waals surface area contributed by atoms with Crippen LogP contribution in [0.1, 0.15) is 26.0 Å². The fourth-order valence-corrected chi connectivity index (χ4v) is 1.19. The lowest BCUT2D eigenvalue weighted by molar-refractivity contribution is -0.141. The number of pyridine rings is 1. The summed E-state index contributed by atoms with van der Waals surface area (Å²) in [6.45, 7) is 3.34. The highest BCUT2D eigenvalue weighted by Gasteiger charge is 2.31. The van der Waals surface area contributed by atoms with E-state index in [4.69, 9.17) is 10.4 Å². The Kier molecular flexibility index (Phi) is 3.46. The van der Waals surface area contributed by atoms with E-state index in [1.54, 1.807) is 26.0 Å². The topological polar surface area (TPSA) is 86.0 Å². The van der Waals surface area contributed by atoms with E-state index in [1.807, 2.05) is 6.07 Å². The van der Waals surface area contributed by atoms with Gasteiger partial charge in [-0.1, -0.05) is 6.92 Å². The van der Waals surface area contributed by atoms with Gasteiger partial charge in [0.25, 0.3) is 0 Å². The zero-order valence-corrected chi connectivity index (χ0v) is 9.19. The number of nitrogens with one attached hydrogen (secondary N) is 1. The minimum Gasteiger partial charge on any atom is -0.480 e. The molecule has 5 heteroatoms. The third-order valence-electron chi connectivity index (χ3n) is 2.50. The van der Waals surface area contributed by atoms with Crippen LogP contribution in [-0.2, 0) is 4.79 Å². The smallest absolute Gasteiger partial charge is 0.329 e. The normalized spacial score (nSPS) is 13.6. The molecule has 1 aromatic rings. The van der Waals surface area contributed by atoms with Gasteiger partial charge in [0.2, 0.25) is 0 Å². The van der Waals surface area contributed by atoms with Gasteiger partial charge in [-0.2, -0.15) is 5.26 Å². The Bertz CT molecular complexity index is 439. The van der Waals surface area contributed by atoms with Crippen LogP contribution in [0, 0.1) is 11.3 Å². The molecule has 0 aliphatic rings. The molecule has 5 nitrogen and oxygen atoms in total. The van der Waals surface area contributed by atoms with E-state index in [-0.39, 0.29) is 5.69 Å². The number of hydrogen-bond donors (Lipinski definition) is 2. The van der Waals surface area contributed by atoms with Crippen LogP contribution in [-0.4, -0.2) is 21.6 Å². The standard InChI is InChI=1S/C11H13N3O2/c1-3-11(2,10(15)16)14-8-5-4-6-13-9(8)7-12/h4-6,14H,3H2,1-2H3,(H,15,16). The van der Waals surface area contributed by atoms with Gasteiger partial charge < -0.3 is 10.4 Å². The van der Waals surface area contributed by atoms with Crippen molar-refractivity contribution in [1.29, 1.82) is 5.26 Å². The second kappa shape index (κ2) is 4.62. The molecule has 1 rings (SSSR count). The number of aromatic nitrogens is 1. The number of carboxylic acid groups (broad SMARTS) is 1. The average molecular weight is 219 g/mol. The molecule has 1 heterocycles. The third-order valence-corrected chi connectivity index (χ3v) is 2.50. The molecule has 1 aromatic heterocycles. The predicted molar refractivity (Wildman–Crippen MR) is 58.9 cm³/mol. The zero-order chi connectivity index (χ0) is 12.2. The van der Waals surface area contributed by atoms with Gasteiger partial charge in [-0.05, 0) is 25.5 Å². The van der Waals surface area contributed by atoms with Crippen molar-refractivity contribution in [2.45, 2.75) is 25.8 Å². The molecular weight excluding hydrogens is 206 g/mol. The molecule has 0 aromatic carbocycles. The van der Waals surface area contributed by atoms with Crippen LogP contribution in [0.2, 0.25) is 0 Å². The Morgan fingerprint density at radius 2 is 2.44 bits per heavy atom. The molecule has 0 saturated carbocycles. The molecule has 1 atom stereocenters. The summed E-state index contributed by atoms with van der Waals surface area (Å²) >= 11 is 0. The summed E-state index contributed by atoms with van der Waals surface area (Å²) in [5, 5.41) is 20.8. The SMILES string of the molecule is CCC(C)(Nc1cccnc1C#N)C(=O)O. The van der Waals surface area contributed by atoms with E-state index >= 15 is 0 Å². The Morgan fingerprint density at radius 3 is 2.94 bits per heavy atom. The minimum atomic E-state index is -1.09. The van der Waals surface area contributed by atoms with Crippen molar-refractivity contribution in [3.63, 3.8) is 0 Å². The number of rotatable bonds is 4. The van der Waals surface area contributed by atoms with E-state index in [0.717, 1.165) is 0 Å². The molecule has 0 aliphatic carbocycles. The lowest BCUT2D eigenvalue weighted by Crippen LogP contribution is -2.42. The molecule has 0 amide bonds. The first kappa shape index (κ1) is 12.0. The van der Waals surface area contributed by atoms with Crippen molar-refractivity contribution in [2.24, 2.45) is 0 Å². The van der Waals surface area contributed by atoms with Crippen molar-refractivity contribution in [2.75, 3.05) is 5.32 Å². The maximum absolute atomic E-state index is 11.1. The van der Waals surface area contributed by atoms with E-state index in [0.29, 0.717) is 12.1 Å². The van der Waals surface area contributed by atoms with Gasteiger partial charge in [0.05, 0.1) is 5.69 Å². The fraction of sp³-hybridized carbons (Fsp3) is 0.364. The number of carbonyl (C=O) groups is 1. The molecule has 0 saturated heterocycles. The van der Waals surface area contributed by atoms with Crippen molar-refractivity contribution in [3.05, 3.63) is 24.0 Å². The Morgan fingerprint density at radius 1 is 1.75 bits per heavy atom. The van der Waals surface area contributed by atoms with Crippen LogP contribution in [0.15, 0.2) is 18.3 Å². The molecule has 84 valence electrons. The quantitative estimate of drug-likeness (QED) is 0.803. The molecule has 2 N–H and O–H groups in total. The van der Waals surface area contributed by atoms with E-state index < -0.39 is 11.5 Å². The largest absolute Gasteiger partial charge is 0.480 e. The minimum absolute atomic E-state index is 0.198. The molecule has 0 fully saturated rings. The number of hydrogen-bond acceptors (Lipinski definition) is 4. The van der Waals surface area contributed by atoms with Crippen LogP contribution in [0.5, 0.6) is 0 Å². The zero-order valence-electron chi connectivity index (χ0n) is 9.19. The lowest BCUT2D eigenvalue weighted by atomic mass is 9.98. The molecule has 0 radical (unpaired) electrons. The van der Waals surface area contributed by atoms with Gasteiger partial charge in [0, 0.05) is 6.20 Å². The maximum Gasteiger partial charge on any atom is 0.329 e. The summed E-state index contributed by atoms with van der Waals surface area (Å²) in [6.07, 6.45) is 1.90. The Labute approximate surface area is 93.7 Å². The van der Waals surface area contributed by atoms with Crippen molar-refractivity contribution >= 4 is 11.7 Å². The number of carboxylic acids is 1. The van der Waals surface area contributed by atoms with Crippen molar-refractivity contribution in [1.82, 2.24) is 4.98 Å². The Balaban J connectivity index is 3.04. The average Bonchev–Trinajstić information content (AvgIpc) is 2.29. The second-order valence-corrected chi connectivity index (χ2v) is 3.63. The van der Waals surface area contributed by atoms with Gasteiger partial charge in [0.15, 0.2) is 5.69 Å². The molecule has 0 bridgehead atoms. The van der Waals surface area contributed by atoms with E-state index in [9.17, 15) is 4.79 Å². The summed E-state index contributed by atoms with van der Waals surface area (Å²) in [6, 6.07) is 5.21. The van der Waals surface area contributed by atoms with Crippen LogP contribution < -0.4 is 5.32 Å². The fourth-order valence-electron chi connectivity index (χ4n) is 1.19. The number of nitriles is 1. The lowest BCUT2D eigenvalue weighted by Gasteiger charge is -2.26. The van der Waals surface area contributed by atoms with Gasteiger partial charge >= 0.3 is 5.97 Å². The van der Waals surface area contributed by atoms with E-state index in [2.05, 4.69) is 10.3 Å². The van der Waals surface area contributed by atoms with Crippen molar-refractivity contribution < 1.29 is 9.90 Å². The van der Waals surface area contributed by atoms with Crippen LogP contribution in [0.25, 0.3) is 0 Å². The molecule has 0 spiro atoms. The molecule has 1 unspecified atom stereocenters. The summed E-state index contributed by atoms with van der Waals surface area (Å²) in [4.78, 5) is 14.9. The monoisotopic (exact) mass is 219 g/mol. The number of anilines is 1. The first-order valence-electron chi connectivity index (χ1n) is 4.90. The van der Waals surface area contributed by atoms with Crippen LogP contribution in [0.3, 0.4) is 0 Å². The Hall–Kier alpha value is -2.09. The van der Waals surface area contributed by atoms with Crippen LogP contribution in [0.4, 0.5) is 5.69 Å². The first-order chi connectivity index (χ1) is 7.53. The highest BCUT2D eigenvalue weighted by molar-refractivity contribution is 5.82. The second-order valence-electron chi connectivity index (χ2n) is 3.63. The highest BCUT2D eigenvalue weighted by atomic mass is 16.4. The summed E-state index contributed by atoms with van der Waals surface area (Å²) in [5.41, 5.74) is -0.450. The molecular formula is C11H13N3O2. The van der Waals surface area contributed by atoms with Gasteiger partial charge in [-0.15, -0.1) is 0 Å². The number of nitrogens with zero attached hydrogens (tertiary/aromatic N) is 2. The molecule has 0 aliphatic heterocycles. The highest BCUT2D eigenvalue weighted by Crippen LogP contribution is 2.20. The van der Waals surface area contributed by atoms with Crippen LogP contribution >= 0.6 is 0 Å². The summed E-state index contributed by atoms with van der Waals surface area (Å²) < 4.78 is 0. The molecule has 16 heavy (non-hydrogen) atoms. The van der Waals surface area contributed by atoms with Gasteiger partial charge in [0.1, 0.15) is 11.6 Å². The van der Waals surface area contributed by atoms with Crippen molar-refractivity contribution in [3.8, 4) is 6.07 Å². The van der Waals surface area contributed by atoms with Gasteiger partial charge in [-0.3, -0.25) is 0 Å². The maximum atomic E-state index is 11.1. The first-order valence-corrected chi connectivity index (χ1v) is 4.90.